The van der Waals surface area contributed by atoms with Crippen LogP contribution < -0.4 is 0 Å². The number of aryl methyl sites for hydroxylation is 1. The second-order valence-corrected chi connectivity index (χ2v) is 15.6. The molecule has 0 saturated carbocycles. The minimum atomic E-state index is -2.04. The molecule has 0 radical (unpaired) electrons. The van der Waals surface area contributed by atoms with Crippen LogP contribution >= 0.6 is 11.6 Å². The number of halogens is 1. The van der Waals surface area contributed by atoms with Crippen LogP contribution in [0.15, 0.2) is 40.8 Å². The third kappa shape index (κ3) is 5.60. The fourth-order valence-corrected chi connectivity index (χ4v) is 5.30. The van der Waals surface area contributed by atoms with E-state index in [4.69, 9.17) is 27.0 Å². The minimum Gasteiger partial charge on any atom is -0.420 e. The molecule has 1 heterocycles. The van der Waals surface area contributed by atoms with Gasteiger partial charge in [0.2, 0.25) is 17.5 Å². The van der Waals surface area contributed by atoms with E-state index < -0.39 is 8.32 Å². The van der Waals surface area contributed by atoms with Crippen LogP contribution in [0.25, 0.3) is 16.3 Å². The summed E-state index contributed by atoms with van der Waals surface area (Å²) in [7, 11) is -2.04. The summed E-state index contributed by atoms with van der Waals surface area (Å²) in [6, 6.07) is 11.8. The normalized spacial score (nSPS) is 14.0. The van der Waals surface area contributed by atoms with Crippen LogP contribution in [0.2, 0.25) is 23.2 Å². The van der Waals surface area contributed by atoms with Crippen molar-refractivity contribution in [2.75, 3.05) is 0 Å². The molecule has 0 bridgehead atoms. The van der Waals surface area contributed by atoms with Gasteiger partial charge in [-0.2, -0.15) is 0 Å². The molecule has 0 unspecified atom stereocenters. The number of aromatic nitrogens is 2. The van der Waals surface area contributed by atoms with Crippen LogP contribution in [0.5, 0.6) is 0 Å². The molecule has 2 aromatic carbocycles. The van der Waals surface area contributed by atoms with Gasteiger partial charge in [-0.15, -0.1) is 10.2 Å². The summed E-state index contributed by atoms with van der Waals surface area (Å²) in [6.45, 7) is 24.6. The van der Waals surface area contributed by atoms with E-state index in [0.29, 0.717) is 28.9 Å². The van der Waals surface area contributed by atoms with Crippen molar-refractivity contribution in [3.8, 4) is 11.5 Å². The lowest BCUT2D eigenvalue weighted by atomic mass is 9.92. The highest BCUT2D eigenvalue weighted by Crippen LogP contribution is 2.40. The molecule has 34 heavy (non-hydrogen) atoms. The maximum absolute atomic E-state index is 7.34. The molecular weight excluding hydrogens is 462 g/mol. The van der Waals surface area contributed by atoms with Gasteiger partial charge in [0.25, 0.3) is 0 Å². The van der Waals surface area contributed by atoms with Crippen molar-refractivity contribution in [3.63, 3.8) is 0 Å². The summed E-state index contributed by atoms with van der Waals surface area (Å²) < 4.78 is 13.0. The van der Waals surface area contributed by atoms with Crippen molar-refractivity contribution >= 4 is 25.6 Å². The van der Waals surface area contributed by atoms with Crippen molar-refractivity contribution in [3.05, 3.63) is 75.4 Å². The van der Waals surface area contributed by atoms with Gasteiger partial charge in [0.05, 0.1) is 23.6 Å². The zero-order valence-corrected chi connectivity index (χ0v) is 23.1. The van der Waals surface area contributed by atoms with E-state index in [9.17, 15) is 0 Å². The molecule has 5 nitrogen and oxygen atoms in total. The van der Waals surface area contributed by atoms with E-state index in [1.807, 2.05) is 44.2 Å². The van der Waals surface area contributed by atoms with Gasteiger partial charge in [0.1, 0.15) is 0 Å². The lowest BCUT2D eigenvalue weighted by Gasteiger charge is -2.40. The summed E-state index contributed by atoms with van der Waals surface area (Å²) in [5, 5.41) is 9.36. The predicted octanol–water partition coefficient (Wildman–Crippen LogP) is 8.29. The zero-order chi connectivity index (χ0) is 25.3. The van der Waals surface area contributed by atoms with Crippen LogP contribution in [0.4, 0.5) is 5.69 Å². The summed E-state index contributed by atoms with van der Waals surface area (Å²) in [4.78, 5) is 3.52. The molecule has 180 valence electrons. The van der Waals surface area contributed by atoms with E-state index in [0.717, 1.165) is 16.7 Å². The molecule has 0 amide bonds. The molecule has 3 aromatic rings. The van der Waals surface area contributed by atoms with Gasteiger partial charge in [-0.3, -0.25) is 0 Å². The summed E-state index contributed by atoms with van der Waals surface area (Å²) in [5.74, 6) is 0.888. The Kier molecular flexibility index (Phi) is 7.71. The van der Waals surface area contributed by atoms with E-state index in [2.05, 4.69) is 55.8 Å². The number of hydrogen-bond acceptors (Lipinski definition) is 4. The smallest absolute Gasteiger partial charge is 0.247 e. The molecule has 2 atom stereocenters. The van der Waals surface area contributed by atoms with Gasteiger partial charge >= 0.3 is 0 Å². The quantitative estimate of drug-likeness (QED) is 0.244. The zero-order valence-electron chi connectivity index (χ0n) is 21.4. The van der Waals surface area contributed by atoms with Gasteiger partial charge in [-0.25, -0.2) is 4.85 Å². The Morgan fingerprint density at radius 3 is 2.32 bits per heavy atom. The fourth-order valence-electron chi connectivity index (χ4n) is 3.63. The van der Waals surface area contributed by atoms with Gasteiger partial charge in [0.15, 0.2) is 8.32 Å². The highest BCUT2D eigenvalue weighted by Gasteiger charge is 2.41. The van der Waals surface area contributed by atoms with Crippen molar-refractivity contribution < 1.29 is 8.84 Å². The van der Waals surface area contributed by atoms with E-state index in [-0.39, 0.29) is 17.1 Å². The molecule has 0 fully saturated rings. The molecule has 0 saturated heterocycles. The minimum absolute atomic E-state index is 0.0736. The SMILES string of the molecule is [C-]#[N+]c1ccc(C[C@@H](c2nnc(-c3ccc(C)cc3)o2)[C@H](C)O[Si](C)(C)C(C)(C)C)c(C)c1Cl. The Bertz CT molecular complexity index is 1190. The Labute approximate surface area is 209 Å². The van der Waals surface area contributed by atoms with Crippen LogP contribution in [-0.4, -0.2) is 24.6 Å². The maximum Gasteiger partial charge on any atom is 0.247 e. The third-order valence-electron chi connectivity index (χ3n) is 6.95. The lowest BCUT2D eigenvalue weighted by Crippen LogP contribution is -2.44. The highest BCUT2D eigenvalue weighted by molar-refractivity contribution is 6.74. The fraction of sp³-hybridized carbons (Fsp3) is 0.444. The summed E-state index contributed by atoms with van der Waals surface area (Å²) in [5.41, 5.74) is 4.47. The van der Waals surface area contributed by atoms with E-state index in [1.54, 1.807) is 6.07 Å². The van der Waals surface area contributed by atoms with Gasteiger partial charge in [0, 0.05) is 5.56 Å². The van der Waals surface area contributed by atoms with Crippen molar-refractivity contribution in [1.29, 1.82) is 0 Å². The number of benzene rings is 2. The molecule has 1 aromatic heterocycles. The molecule has 3 rings (SSSR count). The average Bonchev–Trinajstić information content (AvgIpc) is 3.24. The topological polar surface area (TPSA) is 52.5 Å². The standard InChI is InChI=1S/C27H34ClN3O2Si/c1-17-10-12-20(13-11-17)25-30-31-26(32-25)22(19(3)33-34(8,9)27(4,5)6)16-21-14-15-23(29-7)24(28)18(21)2/h10-15,19,22H,16H2,1-6,8-9H3/t19-,22+/m0/s1. The third-order valence-corrected chi connectivity index (χ3v) is 12.0. The van der Waals surface area contributed by atoms with E-state index >= 15 is 0 Å². The average molecular weight is 496 g/mol. The predicted molar refractivity (Wildman–Crippen MR) is 141 cm³/mol. The van der Waals surface area contributed by atoms with Gasteiger partial charge < -0.3 is 8.84 Å². The number of nitrogens with zero attached hydrogens (tertiary/aromatic N) is 3. The molecule has 0 N–H and O–H groups in total. The van der Waals surface area contributed by atoms with Crippen LogP contribution in [0.1, 0.15) is 56.2 Å². The lowest BCUT2D eigenvalue weighted by molar-refractivity contribution is 0.154. The van der Waals surface area contributed by atoms with Crippen molar-refractivity contribution in [2.24, 2.45) is 0 Å². The second kappa shape index (κ2) is 10.0. The first-order chi connectivity index (χ1) is 15.8. The molecule has 7 heteroatoms. The molecule has 0 aliphatic carbocycles. The first-order valence-corrected chi connectivity index (χ1v) is 14.9. The van der Waals surface area contributed by atoms with Gasteiger partial charge in [-0.1, -0.05) is 62.2 Å². The highest BCUT2D eigenvalue weighted by atomic mass is 35.5. The van der Waals surface area contributed by atoms with Gasteiger partial charge in [-0.05, 0) is 68.6 Å². The molecule has 0 spiro atoms. The first-order valence-electron chi connectivity index (χ1n) is 11.6. The maximum atomic E-state index is 7.34. The van der Waals surface area contributed by atoms with E-state index in [1.165, 1.54) is 5.56 Å². The van der Waals surface area contributed by atoms with Crippen molar-refractivity contribution in [1.82, 2.24) is 10.2 Å². The Morgan fingerprint density at radius 1 is 1.09 bits per heavy atom. The molecule has 0 aliphatic heterocycles. The van der Waals surface area contributed by atoms with Crippen LogP contribution in [0.3, 0.4) is 0 Å². The number of rotatable bonds is 7. The van der Waals surface area contributed by atoms with Crippen LogP contribution in [-0.2, 0) is 10.8 Å². The Morgan fingerprint density at radius 2 is 1.74 bits per heavy atom. The number of hydrogen-bond donors (Lipinski definition) is 0. The molecule has 0 aliphatic rings. The van der Waals surface area contributed by atoms with Crippen LogP contribution in [0, 0.1) is 20.4 Å². The largest absolute Gasteiger partial charge is 0.420 e. The monoisotopic (exact) mass is 495 g/mol. The first kappa shape index (κ1) is 26.1. The second-order valence-electron chi connectivity index (χ2n) is 10.5. The Balaban J connectivity index is 2.00. The summed E-state index contributed by atoms with van der Waals surface area (Å²) in [6.07, 6.45) is 0.473. The Hall–Kier alpha value is -2.46. The summed E-state index contributed by atoms with van der Waals surface area (Å²) >= 11 is 6.48. The molecular formula is C27H34ClN3O2Si. The van der Waals surface area contributed by atoms with Crippen molar-refractivity contribution in [2.45, 2.75) is 78.1 Å².